The van der Waals surface area contributed by atoms with Gasteiger partial charge >= 0.3 is 0 Å². The number of pyridine rings is 1. The molecule has 8 nitrogen and oxygen atoms in total. The summed E-state index contributed by atoms with van der Waals surface area (Å²) in [6.45, 7) is 5.63. The highest BCUT2D eigenvalue weighted by Crippen LogP contribution is 2.32. The van der Waals surface area contributed by atoms with E-state index < -0.39 is 16.1 Å². The predicted octanol–water partition coefficient (Wildman–Crippen LogP) is 4.71. The summed E-state index contributed by atoms with van der Waals surface area (Å²) in [5.41, 5.74) is 2.69. The summed E-state index contributed by atoms with van der Waals surface area (Å²) in [6, 6.07) is 19.2. The summed E-state index contributed by atoms with van der Waals surface area (Å²) in [4.78, 5) is 13.8. The van der Waals surface area contributed by atoms with Crippen LogP contribution in [0.2, 0.25) is 0 Å². The van der Waals surface area contributed by atoms with Crippen LogP contribution in [0, 0.1) is 25.2 Å². The number of aryl methyl sites for hydroxylation is 2. The van der Waals surface area contributed by atoms with E-state index in [1.165, 1.54) is 4.31 Å². The Balaban J connectivity index is 1.94. The summed E-state index contributed by atoms with van der Waals surface area (Å²) < 4.78 is 36.1. The van der Waals surface area contributed by atoms with Crippen LogP contribution in [0.25, 0.3) is 11.0 Å². The zero-order valence-corrected chi connectivity index (χ0v) is 21.3. The van der Waals surface area contributed by atoms with Crippen LogP contribution in [0.4, 0.5) is 0 Å². The lowest BCUT2D eigenvalue weighted by Gasteiger charge is -2.31. The second-order valence-corrected chi connectivity index (χ2v) is 10.6. The smallest absolute Gasteiger partial charge is 0.264 e. The van der Waals surface area contributed by atoms with E-state index in [1.807, 2.05) is 50.2 Å². The maximum Gasteiger partial charge on any atom is 0.264 e. The van der Waals surface area contributed by atoms with Crippen LogP contribution in [0.3, 0.4) is 0 Å². The molecule has 0 aliphatic heterocycles. The van der Waals surface area contributed by atoms with Crippen molar-refractivity contribution in [3.63, 3.8) is 0 Å². The Morgan fingerprint density at radius 2 is 1.86 bits per heavy atom. The van der Waals surface area contributed by atoms with E-state index in [0.717, 1.165) is 11.1 Å². The zero-order valence-electron chi connectivity index (χ0n) is 20.5. The monoisotopic (exact) mass is 504 g/mol. The molecule has 4 aromatic rings. The minimum absolute atomic E-state index is 0.00806. The van der Waals surface area contributed by atoms with Crippen molar-refractivity contribution in [3.8, 4) is 6.07 Å². The summed E-state index contributed by atoms with van der Waals surface area (Å²) in [5.74, 6) is 0. The average Bonchev–Trinajstić information content (AvgIpc) is 3.24. The molecule has 0 amide bonds. The number of aromatic nitrogens is 2. The largest absolute Gasteiger partial charge is 0.356 e. The molecule has 0 saturated heterocycles. The molecule has 2 aromatic heterocycles. The first-order chi connectivity index (χ1) is 17.3. The molecule has 1 unspecified atom stereocenters. The first-order valence-electron chi connectivity index (χ1n) is 11.8. The molecule has 1 atom stereocenters. The zero-order chi connectivity index (χ0) is 25.9. The molecule has 0 aliphatic rings. The third-order valence-corrected chi connectivity index (χ3v) is 8.14. The van der Waals surface area contributed by atoms with Gasteiger partial charge < -0.3 is 9.09 Å². The Morgan fingerprint density at radius 3 is 2.53 bits per heavy atom. The lowest BCUT2D eigenvalue weighted by atomic mass is 10.1. The SMILES string of the molecule is CCC(c1cc2onc(C)c2c(=O)n1Cc1ccccc1)N(CCC#N)S(=O)(=O)c1cccc(C)c1. The third kappa shape index (κ3) is 4.83. The number of hydrogen-bond donors (Lipinski definition) is 0. The van der Waals surface area contributed by atoms with Gasteiger partial charge in [-0.15, -0.1) is 0 Å². The fraction of sp³-hybridized carbons (Fsp3) is 0.296. The highest BCUT2D eigenvalue weighted by atomic mass is 32.2. The molecular formula is C27H28N4O4S. The van der Waals surface area contributed by atoms with Crippen LogP contribution >= 0.6 is 0 Å². The van der Waals surface area contributed by atoms with Gasteiger partial charge in [-0.2, -0.15) is 9.57 Å². The second-order valence-electron chi connectivity index (χ2n) is 8.72. The fourth-order valence-electron chi connectivity index (χ4n) is 4.49. The van der Waals surface area contributed by atoms with E-state index in [-0.39, 0.29) is 30.0 Å². The van der Waals surface area contributed by atoms with Crippen LogP contribution in [0.1, 0.15) is 48.3 Å². The summed E-state index contributed by atoms with van der Waals surface area (Å²) in [5, 5.41) is 13.6. The number of nitriles is 1. The standard InChI is InChI=1S/C27H28N4O4S/c1-4-23(31(15-9-14-28)36(33,34)22-13-8-10-19(2)16-22)24-17-25-26(20(3)29-35-25)27(32)30(24)18-21-11-6-5-7-12-21/h5-8,10-13,16-17,23H,4,9,15,18H2,1-3H3. The molecule has 2 heterocycles. The first kappa shape index (κ1) is 25.4. The number of benzene rings is 2. The quantitative estimate of drug-likeness (QED) is 0.327. The molecule has 186 valence electrons. The number of sulfonamides is 1. The van der Waals surface area contributed by atoms with E-state index in [1.54, 1.807) is 35.8 Å². The Kier molecular flexibility index (Phi) is 7.38. The molecule has 0 fully saturated rings. The van der Waals surface area contributed by atoms with Crippen molar-refractivity contribution >= 4 is 21.0 Å². The maximum absolute atomic E-state index is 13.9. The van der Waals surface area contributed by atoms with Crippen molar-refractivity contribution in [2.24, 2.45) is 0 Å². The number of rotatable bonds is 9. The van der Waals surface area contributed by atoms with Gasteiger partial charge in [0.15, 0.2) is 5.58 Å². The van der Waals surface area contributed by atoms with E-state index in [4.69, 9.17) is 4.52 Å². The molecule has 0 saturated carbocycles. The number of fused-ring (bicyclic) bond motifs is 1. The minimum Gasteiger partial charge on any atom is -0.356 e. The molecule has 0 bridgehead atoms. The Hall–Kier alpha value is -3.74. The summed E-state index contributed by atoms with van der Waals surface area (Å²) in [6.07, 6.45) is 0.386. The highest BCUT2D eigenvalue weighted by Gasteiger charge is 2.34. The molecule has 0 aliphatic carbocycles. The van der Waals surface area contributed by atoms with E-state index in [0.29, 0.717) is 28.8 Å². The van der Waals surface area contributed by atoms with E-state index in [9.17, 15) is 18.5 Å². The highest BCUT2D eigenvalue weighted by molar-refractivity contribution is 7.89. The van der Waals surface area contributed by atoms with Crippen molar-refractivity contribution in [3.05, 3.63) is 93.5 Å². The molecule has 0 radical (unpaired) electrons. The lowest BCUT2D eigenvalue weighted by molar-refractivity contribution is 0.307. The Labute approximate surface area is 210 Å². The topological polar surface area (TPSA) is 109 Å². The van der Waals surface area contributed by atoms with Gasteiger partial charge in [0.2, 0.25) is 10.0 Å². The van der Waals surface area contributed by atoms with Gasteiger partial charge in [-0.05, 0) is 43.5 Å². The molecule has 36 heavy (non-hydrogen) atoms. The predicted molar refractivity (Wildman–Crippen MR) is 137 cm³/mol. The van der Waals surface area contributed by atoms with Crippen LogP contribution < -0.4 is 5.56 Å². The molecule has 2 aromatic carbocycles. The maximum atomic E-state index is 13.9. The van der Waals surface area contributed by atoms with Gasteiger partial charge in [-0.3, -0.25) is 4.79 Å². The van der Waals surface area contributed by atoms with Gasteiger partial charge in [0.05, 0.1) is 29.2 Å². The van der Waals surface area contributed by atoms with Crippen LogP contribution in [-0.4, -0.2) is 29.0 Å². The molecule has 4 rings (SSSR count). The third-order valence-electron chi connectivity index (χ3n) is 6.24. The number of nitrogens with zero attached hydrogens (tertiary/aromatic N) is 4. The van der Waals surface area contributed by atoms with Crippen molar-refractivity contribution in [2.75, 3.05) is 6.54 Å². The minimum atomic E-state index is -3.99. The molecule has 9 heteroatoms. The van der Waals surface area contributed by atoms with Gasteiger partial charge in [-0.25, -0.2) is 8.42 Å². The number of hydrogen-bond acceptors (Lipinski definition) is 6. The van der Waals surface area contributed by atoms with Crippen LogP contribution in [0.5, 0.6) is 0 Å². The normalized spacial score (nSPS) is 12.6. The van der Waals surface area contributed by atoms with Gasteiger partial charge in [0.25, 0.3) is 5.56 Å². The fourth-order valence-corrected chi connectivity index (χ4v) is 6.27. The lowest BCUT2D eigenvalue weighted by Crippen LogP contribution is -2.38. The molecule has 0 N–H and O–H groups in total. The second kappa shape index (κ2) is 10.5. The first-order valence-corrected chi connectivity index (χ1v) is 13.2. The van der Waals surface area contributed by atoms with Crippen molar-refractivity contribution < 1.29 is 12.9 Å². The van der Waals surface area contributed by atoms with Gasteiger partial charge in [0, 0.05) is 24.7 Å². The van der Waals surface area contributed by atoms with Crippen molar-refractivity contribution in [2.45, 2.75) is 51.1 Å². The molecule has 0 spiro atoms. The van der Waals surface area contributed by atoms with Crippen molar-refractivity contribution in [1.29, 1.82) is 5.26 Å². The summed E-state index contributed by atoms with van der Waals surface area (Å²) in [7, 11) is -3.99. The van der Waals surface area contributed by atoms with Gasteiger partial charge in [-0.1, -0.05) is 54.5 Å². The van der Waals surface area contributed by atoms with Crippen LogP contribution in [-0.2, 0) is 16.6 Å². The van der Waals surface area contributed by atoms with Gasteiger partial charge in [0.1, 0.15) is 5.39 Å². The molecular weight excluding hydrogens is 476 g/mol. The summed E-state index contributed by atoms with van der Waals surface area (Å²) >= 11 is 0. The average molecular weight is 505 g/mol. The van der Waals surface area contributed by atoms with Crippen molar-refractivity contribution in [1.82, 2.24) is 14.0 Å². The van der Waals surface area contributed by atoms with E-state index in [2.05, 4.69) is 11.2 Å². The Morgan fingerprint density at radius 1 is 1.11 bits per heavy atom. The Bertz CT molecular complexity index is 1580. The van der Waals surface area contributed by atoms with Crippen LogP contribution in [0.15, 0.2) is 74.9 Å². The van der Waals surface area contributed by atoms with E-state index >= 15 is 0 Å².